The molecule has 0 fully saturated rings. The highest BCUT2D eigenvalue weighted by molar-refractivity contribution is 6.16. The van der Waals surface area contributed by atoms with Gasteiger partial charge in [-0.1, -0.05) is 0 Å². The second kappa shape index (κ2) is 7.45. The second-order valence-corrected chi connectivity index (χ2v) is 1.66. The Balaban J connectivity index is 3.60. The number of carbonyl (C=O) groups is 2. The fourth-order valence-corrected chi connectivity index (χ4v) is 0.308. The van der Waals surface area contributed by atoms with E-state index in [9.17, 15) is 9.59 Å². The molecule has 0 aromatic heterocycles. The van der Waals surface area contributed by atoms with Gasteiger partial charge >= 0.3 is 12.1 Å². The van der Waals surface area contributed by atoms with Gasteiger partial charge < -0.3 is 0 Å². The van der Waals surface area contributed by atoms with Crippen molar-refractivity contribution in [2.45, 2.75) is 0 Å². The Labute approximate surface area is 77.6 Å². The molecule has 0 saturated heterocycles. The number of hydrogen-bond donors (Lipinski definition) is 6. The molecule has 0 aliphatic rings. The predicted molar refractivity (Wildman–Crippen MR) is 43.9 cm³/mol. The molecule has 4 amide bonds. The third-order valence-electron chi connectivity index (χ3n) is 0.751. The summed E-state index contributed by atoms with van der Waals surface area (Å²) in [6, 6.07) is -1.84. The van der Waals surface area contributed by atoms with E-state index in [2.05, 4.69) is 10.2 Å². The van der Waals surface area contributed by atoms with E-state index in [1.807, 2.05) is 10.9 Å². The number of rotatable bonds is 3. The highest BCUT2D eigenvalue weighted by Gasteiger charge is 1.90. The zero-order chi connectivity index (χ0) is 10.8. The quantitative estimate of drug-likeness (QED) is 0.185. The van der Waals surface area contributed by atoms with Crippen molar-refractivity contribution in [2.75, 3.05) is 0 Å². The zero-order valence-electron chi connectivity index (χ0n) is 6.76. The third-order valence-corrected chi connectivity index (χ3v) is 0.751. The second-order valence-electron chi connectivity index (χ2n) is 1.66. The molecule has 0 bridgehead atoms. The lowest BCUT2D eigenvalue weighted by molar-refractivity contribution is 0.162. The molecule has 14 heavy (non-hydrogen) atoms. The molecule has 0 radical (unpaired) electrons. The molecule has 6 N–H and O–H groups in total. The van der Waals surface area contributed by atoms with Crippen molar-refractivity contribution in [1.29, 1.82) is 0 Å². The van der Waals surface area contributed by atoms with Crippen LogP contribution in [-0.2, 0) is 0 Å². The van der Waals surface area contributed by atoms with Gasteiger partial charge in [0.05, 0.1) is 12.4 Å². The van der Waals surface area contributed by atoms with E-state index in [0.717, 1.165) is 12.4 Å². The SMILES string of the molecule is O=C(NO)N/N=C\C=N\NC(=O)NO. The van der Waals surface area contributed by atoms with Crippen LogP contribution in [0.2, 0.25) is 0 Å². The van der Waals surface area contributed by atoms with Crippen molar-refractivity contribution >= 4 is 24.5 Å². The van der Waals surface area contributed by atoms with Crippen LogP contribution in [0.15, 0.2) is 10.2 Å². The maximum Gasteiger partial charge on any atom is 0.358 e. The van der Waals surface area contributed by atoms with Crippen molar-refractivity contribution in [1.82, 2.24) is 21.8 Å². The van der Waals surface area contributed by atoms with Gasteiger partial charge in [0, 0.05) is 0 Å². The van der Waals surface area contributed by atoms with Crippen LogP contribution in [0.25, 0.3) is 0 Å². The van der Waals surface area contributed by atoms with Gasteiger partial charge in [0.25, 0.3) is 0 Å². The summed E-state index contributed by atoms with van der Waals surface area (Å²) in [7, 11) is 0. The average Bonchev–Trinajstić information content (AvgIpc) is 2.22. The molecule has 0 spiro atoms. The standard InChI is InChI=1S/C4H8N6O4/c11-3(9-13)7-5-1-2-6-8-4(12)10-14/h1-2,13-14H,(H2,7,9,11)(H2,8,10,12)/b5-1-,6-2+. The maximum atomic E-state index is 10.3. The number of urea groups is 2. The summed E-state index contributed by atoms with van der Waals surface area (Å²) in [5.74, 6) is 0. The lowest BCUT2D eigenvalue weighted by Gasteiger charge is -1.93. The van der Waals surface area contributed by atoms with Crippen LogP contribution in [0.5, 0.6) is 0 Å². The molecule has 10 nitrogen and oxygen atoms in total. The number of hydrazone groups is 2. The largest absolute Gasteiger partial charge is 0.358 e. The minimum atomic E-state index is -0.921. The van der Waals surface area contributed by atoms with Crippen molar-refractivity contribution in [2.24, 2.45) is 10.2 Å². The first-order chi connectivity index (χ1) is 6.70. The van der Waals surface area contributed by atoms with Crippen LogP contribution in [0.1, 0.15) is 0 Å². The van der Waals surface area contributed by atoms with Crippen LogP contribution < -0.4 is 21.8 Å². The van der Waals surface area contributed by atoms with E-state index < -0.39 is 12.1 Å². The van der Waals surface area contributed by atoms with Gasteiger partial charge in [0.2, 0.25) is 0 Å². The Hall–Kier alpha value is -2.20. The molecular formula is C4H8N6O4. The van der Waals surface area contributed by atoms with Gasteiger partial charge in [-0.25, -0.2) is 31.4 Å². The van der Waals surface area contributed by atoms with E-state index in [1.54, 1.807) is 0 Å². The van der Waals surface area contributed by atoms with Crippen LogP contribution in [0.3, 0.4) is 0 Å². The predicted octanol–water partition coefficient (Wildman–Crippen LogP) is -1.67. The molecular weight excluding hydrogens is 196 g/mol. The molecule has 0 aliphatic heterocycles. The number of nitrogens with one attached hydrogen (secondary N) is 4. The Morgan fingerprint density at radius 3 is 1.57 bits per heavy atom. The first-order valence-corrected chi connectivity index (χ1v) is 3.15. The Morgan fingerprint density at radius 2 is 1.29 bits per heavy atom. The van der Waals surface area contributed by atoms with Crippen molar-refractivity contribution in [3.63, 3.8) is 0 Å². The molecule has 0 aliphatic carbocycles. The average molecular weight is 204 g/mol. The van der Waals surface area contributed by atoms with E-state index >= 15 is 0 Å². The highest BCUT2D eigenvalue weighted by Crippen LogP contribution is 1.61. The fourth-order valence-electron chi connectivity index (χ4n) is 0.308. The molecule has 0 unspecified atom stereocenters. The zero-order valence-corrected chi connectivity index (χ0v) is 6.76. The molecule has 0 rings (SSSR count). The van der Waals surface area contributed by atoms with E-state index in [0.29, 0.717) is 0 Å². The van der Waals surface area contributed by atoms with E-state index in [4.69, 9.17) is 10.4 Å². The fraction of sp³-hybridized carbons (Fsp3) is 0. The first-order valence-electron chi connectivity index (χ1n) is 3.15. The topological polar surface area (TPSA) is 147 Å². The molecule has 0 heterocycles. The number of amides is 4. The Bertz CT molecular complexity index is 224. The number of carbonyl (C=O) groups excluding carboxylic acids is 2. The minimum absolute atomic E-state index is 0.921. The van der Waals surface area contributed by atoms with Crippen molar-refractivity contribution in [3.05, 3.63) is 0 Å². The number of hydrogen-bond acceptors (Lipinski definition) is 6. The van der Waals surface area contributed by atoms with Crippen molar-refractivity contribution < 1.29 is 20.0 Å². The van der Waals surface area contributed by atoms with Gasteiger partial charge in [0.15, 0.2) is 0 Å². The highest BCUT2D eigenvalue weighted by atomic mass is 16.5. The first kappa shape index (κ1) is 11.8. The summed E-state index contributed by atoms with van der Waals surface area (Å²) in [6.07, 6.45) is 2.04. The Morgan fingerprint density at radius 1 is 0.929 bits per heavy atom. The van der Waals surface area contributed by atoms with Gasteiger partial charge in [-0.2, -0.15) is 10.2 Å². The summed E-state index contributed by atoms with van der Waals surface area (Å²) in [4.78, 5) is 20.5. The number of nitrogens with zero attached hydrogens (tertiary/aromatic N) is 2. The summed E-state index contributed by atoms with van der Waals surface area (Å²) in [6.45, 7) is 0. The number of hydroxylamine groups is 2. The van der Waals surface area contributed by atoms with Crippen LogP contribution in [0, 0.1) is 0 Å². The van der Waals surface area contributed by atoms with Crippen LogP contribution >= 0.6 is 0 Å². The summed E-state index contributed by atoms with van der Waals surface area (Å²) in [5.41, 5.74) is 6.19. The molecule has 0 saturated carbocycles. The van der Waals surface area contributed by atoms with Crippen LogP contribution in [-0.4, -0.2) is 34.9 Å². The molecule has 0 aromatic carbocycles. The van der Waals surface area contributed by atoms with Gasteiger partial charge in [-0.3, -0.25) is 10.4 Å². The molecule has 10 heteroatoms. The van der Waals surface area contributed by atoms with Gasteiger partial charge in [-0.15, -0.1) is 0 Å². The lowest BCUT2D eigenvalue weighted by atomic mass is 10.8. The van der Waals surface area contributed by atoms with Gasteiger partial charge in [-0.05, 0) is 0 Å². The third kappa shape index (κ3) is 6.51. The normalized spacial score (nSPS) is 10.1. The van der Waals surface area contributed by atoms with Crippen LogP contribution in [0.4, 0.5) is 9.59 Å². The summed E-state index contributed by atoms with van der Waals surface area (Å²) < 4.78 is 0. The lowest BCUT2D eigenvalue weighted by Crippen LogP contribution is -2.30. The van der Waals surface area contributed by atoms with E-state index in [1.165, 1.54) is 11.0 Å². The van der Waals surface area contributed by atoms with E-state index in [-0.39, 0.29) is 0 Å². The monoisotopic (exact) mass is 204 g/mol. The molecule has 0 aromatic rings. The maximum absolute atomic E-state index is 10.3. The van der Waals surface area contributed by atoms with Crippen molar-refractivity contribution in [3.8, 4) is 0 Å². The van der Waals surface area contributed by atoms with Gasteiger partial charge in [0.1, 0.15) is 0 Å². The molecule has 78 valence electrons. The Kier molecular flexibility index (Phi) is 6.28. The summed E-state index contributed by atoms with van der Waals surface area (Å²) in [5, 5.41) is 22.4. The summed E-state index contributed by atoms with van der Waals surface area (Å²) >= 11 is 0. The minimum Gasteiger partial charge on any atom is -0.287 e. The molecule has 0 atom stereocenters. The smallest absolute Gasteiger partial charge is 0.287 e.